The summed E-state index contributed by atoms with van der Waals surface area (Å²) < 4.78 is 4.89. The van der Waals surface area contributed by atoms with Crippen molar-refractivity contribution in [3.63, 3.8) is 0 Å². The molecule has 0 saturated heterocycles. The van der Waals surface area contributed by atoms with E-state index in [0.717, 1.165) is 12.0 Å². The summed E-state index contributed by atoms with van der Waals surface area (Å²) in [5.74, 6) is -0.257. The fourth-order valence-corrected chi connectivity index (χ4v) is 1.75. The second-order valence-corrected chi connectivity index (χ2v) is 4.47. The topological polar surface area (TPSA) is 84.6 Å². The number of nitrogens with two attached hydrogens (primary N) is 1. The van der Waals surface area contributed by atoms with Crippen LogP contribution in [0.2, 0.25) is 0 Å². The minimum absolute atomic E-state index is 0.162. The molecule has 0 aliphatic heterocycles. The van der Waals surface area contributed by atoms with Crippen LogP contribution < -0.4 is 11.1 Å². The molecule has 5 nitrogen and oxygen atoms in total. The van der Waals surface area contributed by atoms with Gasteiger partial charge in [-0.3, -0.25) is 4.79 Å². The third-order valence-electron chi connectivity index (χ3n) is 2.86. The average molecular weight is 266 g/mol. The summed E-state index contributed by atoms with van der Waals surface area (Å²) in [7, 11) is 1.52. The summed E-state index contributed by atoms with van der Waals surface area (Å²) in [5.41, 5.74) is 6.98. The molecular weight excluding hydrogens is 244 g/mol. The SMILES string of the molecule is COCC(CO)NC(=O)C(N)CCc1ccccc1. The van der Waals surface area contributed by atoms with Gasteiger partial charge in [0, 0.05) is 7.11 Å². The van der Waals surface area contributed by atoms with E-state index in [4.69, 9.17) is 15.6 Å². The molecule has 19 heavy (non-hydrogen) atoms. The van der Waals surface area contributed by atoms with E-state index in [1.165, 1.54) is 7.11 Å². The fraction of sp³-hybridized carbons (Fsp3) is 0.500. The predicted octanol–water partition coefficient (Wildman–Crippen LogP) is 0.0700. The lowest BCUT2D eigenvalue weighted by Gasteiger charge is -2.18. The number of nitrogens with one attached hydrogen (secondary N) is 1. The Kier molecular flexibility index (Phi) is 7.10. The molecule has 0 heterocycles. The lowest BCUT2D eigenvalue weighted by molar-refractivity contribution is -0.123. The number of rotatable bonds is 8. The number of carbonyl (C=O) groups is 1. The van der Waals surface area contributed by atoms with Crippen molar-refractivity contribution in [2.24, 2.45) is 5.73 Å². The lowest BCUT2D eigenvalue weighted by Crippen LogP contribution is -2.48. The molecule has 1 rings (SSSR count). The maximum atomic E-state index is 11.8. The summed E-state index contributed by atoms with van der Waals surface area (Å²) in [6.07, 6.45) is 1.32. The molecular formula is C14H22N2O3. The molecule has 5 heteroatoms. The van der Waals surface area contributed by atoms with Crippen LogP contribution >= 0.6 is 0 Å². The van der Waals surface area contributed by atoms with Crippen molar-refractivity contribution in [2.75, 3.05) is 20.3 Å². The Hall–Kier alpha value is -1.43. The van der Waals surface area contributed by atoms with Crippen molar-refractivity contribution in [3.8, 4) is 0 Å². The fourth-order valence-electron chi connectivity index (χ4n) is 1.75. The van der Waals surface area contributed by atoms with Crippen molar-refractivity contribution in [1.29, 1.82) is 0 Å². The van der Waals surface area contributed by atoms with E-state index in [0.29, 0.717) is 6.42 Å². The van der Waals surface area contributed by atoms with Gasteiger partial charge >= 0.3 is 0 Å². The van der Waals surface area contributed by atoms with E-state index in [9.17, 15) is 4.79 Å². The first-order valence-corrected chi connectivity index (χ1v) is 6.37. The molecule has 0 spiro atoms. The highest BCUT2D eigenvalue weighted by Gasteiger charge is 2.17. The standard InChI is InChI=1S/C14H22N2O3/c1-19-10-12(9-17)16-14(18)13(15)8-7-11-5-3-2-4-6-11/h2-6,12-13,17H,7-10,15H2,1H3,(H,16,18). The number of hydrogen-bond acceptors (Lipinski definition) is 4. The van der Waals surface area contributed by atoms with Crippen molar-refractivity contribution >= 4 is 5.91 Å². The van der Waals surface area contributed by atoms with Crippen molar-refractivity contribution in [3.05, 3.63) is 35.9 Å². The molecule has 0 aromatic heterocycles. The van der Waals surface area contributed by atoms with Gasteiger partial charge in [0.25, 0.3) is 0 Å². The monoisotopic (exact) mass is 266 g/mol. The molecule has 2 atom stereocenters. The van der Waals surface area contributed by atoms with Crippen LogP contribution in [0.3, 0.4) is 0 Å². The third-order valence-corrected chi connectivity index (χ3v) is 2.86. The summed E-state index contributed by atoms with van der Waals surface area (Å²) in [6.45, 7) is 0.110. The van der Waals surface area contributed by atoms with Crippen LogP contribution in [0, 0.1) is 0 Å². The molecule has 0 saturated carbocycles. The minimum Gasteiger partial charge on any atom is -0.394 e. The summed E-state index contributed by atoms with van der Waals surface area (Å²) in [5, 5.41) is 11.7. The molecule has 1 amide bonds. The second-order valence-electron chi connectivity index (χ2n) is 4.47. The van der Waals surface area contributed by atoms with Gasteiger partial charge < -0.3 is 20.9 Å². The van der Waals surface area contributed by atoms with Gasteiger partial charge in [-0.15, -0.1) is 0 Å². The Balaban J connectivity index is 2.36. The quantitative estimate of drug-likeness (QED) is 0.621. The van der Waals surface area contributed by atoms with Gasteiger partial charge in [0.05, 0.1) is 25.3 Å². The number of aryl methyl sites for hydroxylation is 1. The van der Waals surface area contributed by atoms with E-state index < -0.39 is 12.1 Å². The molecule has 1 aromatic rings. The zero-order valence-corrected chi connectivity index (χ0v) is 11.2. The predicted molar refractivity (Wildman–Crippen MR) is 73.6 cm³/mol. The number of amides is 1. The largest absolute Gasteiger partial charge is 0.394 e. The van der Waals surface area contributed by atoms with Gasteiger partial charge in [0.2, 0.25) is 5.91 Å². The molecule has 2 unspecified atom stereocenters. The Morgan fingerprint density at radius 1 is 1.42 bits per heavy atom. The summed E-state index contributed by atoms with van der Waals surface area (Å²) >= 11 is 0. The molecule has 0 aliphatic rings. The number of aliphatic hydroxyl groups excluding tert-OH is 1. The molecule has 106 valence electrons. The van der Waals surface area contributed by atoms with Crippen LogP contribution in [0.25, 0.3) is 0 Å². The highest BCUT2D eigenvalue weighted by molar-refractivity contribution is 5.81. The number of benzene rings is 1. The summed E-state index contributed by atoms with van der Waals surface area (Å²) in [6, 6.07) is 8.90. The van der Waals surface area contributed by atoms with E-state index in [1.807, 2.05) is 30.3 Å². The Morgan fingerprint density at radius 2 is 2.11 bits per heavy atom. The number of aliphatic hydroxyl groups is 1. The van der Waals surface area contributed by atoms with Gasteiger partial charge in [-0.05, 0) is 18.4 Å². The van der Waals surface area contributed by atoms with Crippen LogP contribution in [0.15, 0.2) is 30.3 Å². The highest BCUT2D eigenvalue weighted by atomic mass is 16.5. The molecule has 1 aromatic carbocycles. The highest BCUT2D eigenvalue weighted by Crippen LogP contribution is 2.04. The van der Waals surface area contributed by atoms with E-state index in [2.05, 4.69) is 5.32 Å². The minimum atomic E-state index is -0.578. The maximum Gasteiger partial charge on any atom is 0.237 e. The Labute approximate surface area is 113 Å². The van der Waals surface area contributed by atoms with Gasteiger partial charge in [0.15, 0.2) is 0 Å². The van der Waals surface area contributed by atoms with Gasteiger partial charge in [-0.25, -0.2) is 0 Å². The van der Waals surface area contributed by atoms with Crippen LogP contribution in [0.1, 0.15) is 12.0 Å². The van der Waals surface area contributed by atoms with Gasteiger partial charge in [-0.1, -0.05) is 30.3 Å². The summed E-state index contributed by atoms with van der Waals surface area (Å²) in [4.78, 5) is 11.8. The molecule has 0 radical (unpaired) electrons. The van der Waals surface area contributed by atoms with Crippen LogP contribution in [0.4, 0.5) is 0 Å². The van der Waals surface area contributed by atoms with Crippen molar-refractivity contribution in [2.45, 2.75) is 24.9 Å². The van der Waals surface area contributed by atoms with E-state index in [1.54, 1.807) is 0 Å². The number of methoxy groups -OCH3 is 1. The molecule has 4 N–H and O–H groups in total. The van der Waals surface area contributed by atoms with Gasteiger partial charge in [0.1, 0.15) is 0 Å². The first kappa shape index (κ1) is 15.6. The van der Waals surface area contributed by atoms with Crippen molar-refractivity contribution in [1.82, 2.24) is 5.32 Å². The zero-order valence-electron chi connectivity index (χ0n) is 11.2. The first-order chi connectivity index (χ1) is 9.17. The first-order valence-electron chi connectivity index (χ1n) is 6.37. The van der Waals surface area contributed by atoms with E-state index >= 15 is 0 Å². The number of hydrogen-bond donors (Lipinski definition) is 3. The Bertz CT molecular complexity index is 370. The van der Waals surface area contributed by atoms with E-state index in [-0.39, 0.29) is 19.1 Å². The van der Waals surface area contributed by atoms with Crippen molar-refractivity contribution < 1.29 is 14.6 Å². The zero-order chi connectivity index (χ0) is 14.1. The second kappa shape index (κ2) is 8.63. The van der Waals surface area contributed by atoms with Crippen LogP contribution in [0.5, 0.6) is 0 Å². The van der Waals surface area contributed by atoms with Gasteiger partial charge in [-0.2, -0.15) is 0 Å². The van der Waals surface area contributed by atoms with Crippen LogP contribution in [-0.2, 0) is 16.0 Å². The number of ether oxygens (including phenoxy) is 1. The molecule has 0 bridgehead atoms. The molecule has 0 fully saturated rings. The number of carbonyl (C=O) groups excluding carboxylic acids is 1. The third kappa shape index (κ3) is 5.83. The lowest BCUT2D eigenvalue weighted by atomic mass is 10.1. The van der Waals surface area contributed by atoms with Crippen LogP contribution in [-0.4, -0.2) is 43.4 Å². The molecule has 0 aliphatic carbocycles. The maximum absolute atomic E-state index is 11.8. The average Bonchev–Trinajstić information content (AvgIpc) is 2.45. The Morgan fingerprint density at radius 3 is 2.68 bits per heavy atom. The normalized spacial score (nSPS) is 13.8. The smallest absolute Gasteiger partial charge is 0.237 e.